The van der Waals surface area contributed by atoms with Crippen molar-refractivity contribution in [3.63, 3.8) is 0 Å². The van der Waals surface area contributed by atoms with E-state index in [0.717, 1.165) is 35.9 Å². The summed E-state index contributed by atoms with van der Waals surface area (Å²) in [7, 11) is 0. The number of nitrogens with zero attached hydrogens (tertiary/aromatic N) is 3. The van der Waals surface area contributed by atoms with Crippen molar-refractivity contribution < 1.29 is 47.8 Å². The predicted molar refractivity (Wildman–Crippen MR) is 187 cm³/mol. The molecule has 1 aliphatic heterocycles. The van der Waals surface area contributed by atoms with Gasteiger partial charge in [0.15, 0.2) is 0 Å². The quantitative estimate of drug-likeness (QED) is 0.136. The molecule has 3 atom stereocenters. The van der Waals surface area contributed by atoms with Crippen molar-refractivity contribution in [1.82, 2.24) is 25.0 Å². The molecule has 2 aromatic carbocycles. The Bertz CT molecular complexity index is 1870. The molecule has 2 heterocycles. The van der Waals surface area contributed by atoms with E-state index in [0.29, 0.717) is 16.2 Å². The summed E-state index contributed by atoms with van der Waals surface area (Å²) in [5.74, 6) is -6.67. The lowest BCUT2D eigenvalue weighted by atomic mass is 9.82. The number of aliphatic hydroxyl groups excluding tert-OH is 1. The lowest BCUT2D eigenvalue weighted by molar-refractivity contribution is -0.143. The molecule has 0 saturated heterocycles. The SMILES string of the molecule is CC(C)(C)C(c1cc(-c2cc(F)ccc2F)cn1Cc1ccccc1)N(CC[C@H](N)C(=O)NC(CNC(=O)CN1C(=O)C=CC1=O)C(=O)O)C(=O)CO. The van der Waals surface area contributed by atoms with Gasteiger partial charge in [0, 0.05) is 54.8 Å². The third-order valence-corrected chi connectivity index (χ3v) is 8.57. The zero-order valence-corrected chi connectivity index (χ0v) is 29.4. The van der Waals surface area contributed by atoms with Gasteiger partial charge < -0.3 is 36.0 Å². The number of benzene rings is 2. The van der Waals surface area contributed by atoms with Crippen LogP contribution >= 0.6 is 0 Å². The first-order valence-electron chi connectivity index (χ1n) is 16.7. The van der Waals surface area contributed by atoms with E-state index >= 15 is 4.39 Å². The molecule has 0 radical (unpaired) electrons. The first-order valence-corrected chi connectivity index (χ1v) is 16.7. The number of carbonyl (C=O) groups is 6. The maximum Gasteiger partial charge on any atom is 0.328 e. The van der Waals surface area contributed by atoms with Gasteiger partial charge in [-0.15, -0.1) is 0 Å². The number of halogens is 2. The Morgan fingerprint density at radius 2 is 1.64 bits per heavy atom. The van der Waals surface area contributed by atoms with Gasteiger partial charge in [-0.3, -0.25) is 28.9 Å². The minimum absolute atomic E-state index is 0.00338. The fourth-order valence-corrected chi connectivity index (χ4v) is 5.99. The highest BCUT2D eigenvalue weighted by atomic mass is 19.1. The van der Waals surface area contributed by atoms with Crippen LogP contribution in [0, 0.1) is 17.0 Å². The van der Waals surface area contributed by atoms with Crippen LogP contribution in [0.15, 0.2) is 72.9 Å². The monoisotopic (exact) mass is 736 g/mol. The van der Waals surface area contributed by atoms with Crippen LogP contribution in [0.4, 0.5) is 8.78 Å². The molecule has 0 aliphatic carbocycles. The van der Waals surface area contributed by atoms with Gasteiger partial charge in [0.2, 0.25) is 17.7 Å². The second kappa shape index (κ2) is 17.2. The molecular weight excluding hydrogens is 694 g/mol. The molecule has 5 amide bonds. The molecule has 6 N–H and O–H groups in total. The summed E-state index contributed by atoms with van der Waals surface area (Å²) in [5, 5.41) is 24.2. The van der Waals surface area contributed by atoms with Crippen LogP contribution < -0.4 is 16.4 Å². The van der Waals surface area contributed by atoms with Crippen LogP contribution in [0.1, 0.15) is 44.5 Å². The van der Waals surface area contributed by atoms with Gasteiger partial charge in [0.25, 0.3) is 11.8 Å². The normalized spacial score (nSPS) is 14.5. The molecule has 53 heavy (non-hydrogen) atoms. The van der Waals surface area contributed by atoms with Crippen LogP contribution in [0.3, 0.4) is 0 Å². The number of carboxylic acid groups (broad SMARTS) is 1. The van der Waals surface area contributed by atoms with Crippen LogP contribution in [0.2, 0.25) is 0 Å². The highest BCUT2D eigenvalue weighted by Gasteiger charge is 2.38. The van der Waals surface area contributed by atoms with E-state index < -0.39 is 90.4 Å². The number of imide groups is 1. The van der Waals surface area contributed by atoms with Gasteiger partial charge in [0.05, 0.1) is 12.1 Å². The van der Waals surface area contributed by atoms with Gasteiger partial charge in [-0.1, -0.05) is 51.1 Å². The Morgan fingerprint density at radius 3 is 2.25 bits per heavy atom. The first-order chi connectivity index (χ1) is 25.0. The lowest BCUT2D eigenvalue weighted by Gasteiger charge is -2.41. The molecular formula is C37H42F2N6O8. The minimum Gasteiger partial charge on any atom is -0.480 e. The third kappa shape index (κ3) is 10.2. The summed E-state index contributed by atoms with van der Waals surface area (Å²) in [6, 6.07) is 10.3. The number of nitrogens with two attached hydrogens (primary N) is 1. The van der Waals surface area contributed by atoms with Crippen LogP contribution in [0.25, 0.3) is 11.1 Å². The highest BCUT2D eigenvalue weighted by Crippen LogP contribution is 2.41. The topological polar surface area (TPSA) is 204 Å². The Morgan fingerprint density at radius 1 is 0.981 bits per heavy atom. The average Bonchev–Trinajstić information content (AvgIpc) is 3.65. The summed E-state index contributed by atoms with van der Waals surface area (Å²) in [6.07, 6.45) is 3.44. The number of hydrogen-bond donors (Lipinski definition) is 5. The minimum atomic E-state index is -1.64. The van der Waals surface area contributed by atoms with Crippen molar-refractivity contribution in [3.8, 4) is 11.1 Å². The Kier molecular flexibility index (Phi) is 13.0. The van der Waals surface area contributed by atoms with E-state index in [1.807, 2.05) is 55.7 Å². The molecule has 1 aliphatic rings. The maximum absolute atomic E-state index is 15.0. The number of carbonyl (C=O) groups excluding carboxylic acids is 5. The van der Waals surface area contributed by atoms with Gasteiger partial charge in [0.1, 0.15) is 30.8 Å². The van der Waals surface area contributed by atoms with Gasteiger partial charge in [-0.25, -0.2) is 13.6 Å². The van der Waals surface area contributed by atoms with Crippen LogP contribution in [-0.4, -0.2) is 98.4 Å². The van der Waals surface area contributed by atoms with Crippen molar-refractivity contribution in [1.29, 1.82) is 0 Å². The third-order valence-electron chi connectivity index (χ3n) is 8.57. The number of aromatic nitrogens is 1. The molecule has 0 saturated carbocycles. The smallest absolute Gasteiger partial charge is 0.328 e. The fourth-order valence-electron chi connectivity index (χ4n) is 5.99. The van der Waals surface area contributed by atoms with E-state index in [1.165, 1.54) is 4.90 Å². The van der Waals surface area contributed by atoms with Crippen molar-refractivity contribution in [3.05, 3.63) is 95.8 Å². The van der Waals surface area contributed by atoms with Gasteiger partial charge in [-0.05, 0) is 41.7 Å². The zero-order valence-electron chi connectivity index (χ0n) is 29.4. The number of amides is 5. The summed E-state index contributed by atoms with van der Waals surface area (Å²) >= 11 is 0. The van der Waals surface area contributed by atoms with Crippen LogP contribution in [-0.2, 0) is 35.3 Å². The molecule has 16 heteroatoms. The summed E-state index contributed by atoms with van der Waals surface area (Å²) < 4.78 is 31.1. The molecule has 0 spiro atoms. The Balaban J connectivity index is 1.56. The number of rotatable bonds is 16. The molecule has 282 valence electrons. The van der Waals surface area contributed by atoms with E-state index in [-0.39, 0.29) is 25.1 Å². The molecule has 0 bridgehead atoms. The summed E-state index contributed by atoms with van der Waals surface area (Å²) in [5.41, 5.74) is 7.18. The molecule has 4 rings (SSSR count). The number of carboxylic acids is 1. The van der Waals surface area contributed by atoms with Crippen LogP contribution in [0.5, 0.6) is 0 Å². The van der Waals surface area contributed by atoms with Gasteiger partial charge in [-0.2, -0.15) is 0 Å². The molecule has 2 unspecified atom stereocenters. The molecule has 0 fully saturated rings. The number of aliphatic hydroxyl groups is 1. The standard InChI is InChI=1S/C37H42F2N6O8/c1-37(2,3)34(29-15-23(25-16-24(38)9-10-26(25)39)19-43(29)18-22-7-5-4-6-8-22)44(33(50)21-46)14-13-27(40)35(51)42-28(36(52)53)17-41-30(47)20-45-31(48)11-12-32(45)49/h4-12,15-16,19,27-28,34,46H,13-14,17-18,20-21,40H2,1-3H3,(H,41,47)(H,42,51)(H,52,53)/t27-,28?,34?/m0/s1. The van der Waals surface area contributed by atoms with E-state index in [9.17, 15) is 43.4 Å². The van der Waals surface area contributed by atoms with E-state index in [4.69, 9.17) is 5.73 Å². The lowest BCUT2D eigenvalue weighted by Crippen LogP contribution is -2.54. The predicted octanol–water partition coefficient (Wildman–Crippen LogP) is 1.72. The number of nitrogens with one attached hydrogen (secondary N) is 2. The van der Waals surface area contributed by atoms with Crippen molar-refractivity contribution in [2.75, 3.05) is 26.2 Å². The second-order valence-corrected chi connectivity index (χ2v) is 13.6. The van der Waals surface area contributed by atoms with Gasteiger partial charge >= 0.3 is 5.97 Å². The van der Waals surface area contributed by atoms with Crippen molar-refractivity contribution in [2.24, 2.45) is 11.1 Å². The molecule has 14 nitrogen and oxygen atoms in total. The largest absolute Gasteiger partial charge is 0.480 e. The summed E-state index contributed by atoms with van der Waals surface area (Å²) in [6.45, 7) is 3.51. The fraction of sp³-hybridized carbons (Fsp3) is 0.351. The van der Waals surface area contributed by atoms with E-state index in [2.05, 4.69) is 10.6 Å². The zero-order chi connectivity index (χ0) is 39.0. The second-order valence-electron chi connectivity index (χ2n) is 13.6. The summed E-state index contributed by atoms with van der Waals surface area (Å²) in [4.78, 5) is 76.2. The molecule has 3 aromatic rings. The number of hydrogen-bond acceptors (Lipinski definition) is 8. The first kappa shape index (κ1) is 40.0. The maximum atomic E-state index is 15.0. The molecule has 1 aromatic heterocycles. The Labute approximate surface area is 304 Å². The van der Waals surface area contributed by atoms with Crippen molar-refractivity contribution in [2.45, 2.75) is 51.9 Å². The number of aliphatic carboxylic acids is 1. The average molecular weight is 737 g/mol. The van der Waals surface area contributed by atoms with E-state index in [1.54, 1.807) is 12.3 Å². The highest BCUT2D eigenvalue weighted by molar-refractivity contribution is 6.14. The van der Waals surface area contributed by atoms with Crippen molar-refractivity contribution >= 4 is 35.5 Å². The Hall–Kier alpha value is -5.74.